The molecule has 5 heteroatoms. The minimum Gasteiger partial charge on any atom is -0.454 e. The van der Waals surface area contributed by atoms with Gasteiger partial charge in [0.2, 0.25) is 12.7 Å². The van der Waals surface area contributed by atoms with Crippen LogP contribution >= 0.6 is 0 Å². The Labute approximate surface area is 135 Å². The quantitative estimate of drug-likeness (QED) is 0.871. The van der Waals surface area contributed by atoms with Gasteiger partial charge in [-0.15, -0.1) is 0 Å². The number of nitrogens with one attached hydrogen (secondary N) is 1. The van der Waals surface area contributed by atoms with Gasteiger partial charge in [-0.2, -0.15) is 0 Å². The van der Waals surface area contributed by atoms with E-state index in [0.29, 0.717) is 6.04 Å². The zero-order valence-electron chi connectivity index (χ0n) is 13.0. The lowest BCUT2D eigenvalue weighted by Crippen LogP contribution is -2.56. The number of hydrogen-bond donors (Lipinski definition) is 1. The van der Waals surface area contributed by atoms with Crippen LogP contribution in [0.5, 0.6) is 11.5 Å². The SMILES string of the molecule is O=C(/C=C/c1ccc2c(c1)OCO2)NC1CCC12CCOCC2. The average Bonchev–Trinajstić information content (AvgIpc) is 3.05. The molecule has 1 N–H and O–H groups in total. The summed E-state index contributed by atoms with van der Waals surface area (Å²) in [6.45, 7) is 1.90. The van der Waals surface area contributed by atoms with Crippen LogP contribution in [0.2, 0.25) is 0 Å². The largest absolute Gasteiger partial charge is 0.454 e. The van der Waals surface area contributed by atoms with Crippen LogP contribution in [0.15, 0.2) is 24.3 Å². The highest BCUT2D eigenvalue weighted by Crippen LogP contribution is 2.48. The molecule has 2 fully saturated rings. The maximum atomic E-state index is 12.2. The summed E-state index contributed by atoms with van der Waals surface area (Å²) in [6.07, 6.45) is 7.81. The van der Waals surface area contributed by atoms with E-state index >= 15 is 0 Å². The first-order valence-corrected chi connectivity index (χ1v) is 8.21. The van der Waals surface area contributed by atoms with Crippen molar-refractivity contribution in [1.29, 1.82) is 0 Å². The second-order valence-electron chi connectivity index (χ2n) is 6.52. The van der Waals surface area contributed by atoms with Crippen molar-refractivity contribution >= 4 is 12.0 Å². The summed E-state index contributed by atoms with van der Waals surface area (Å²) >= 11 is 0. The van der Waals surface area contributed by atoms with Gasteiger partial charge >= 0.3 is 0 Å². The van der Waals surface area contributed by atoms with Crippen LogP contribution < -0.4 is 14.8 Å². The van der Waals surface area contributed by atoms with Crippen molar-refractivity contribution in [1.82, 2.24) is 5.32 Å². The Morgan fingerprint density at radius 1 is 1.17 bits per heavy atom. The highest BCUT2D eigenvalue weighted by Gasteiger charge is 2.47. The number of carbonyl (C=O) groups excluding carboxylic acids is 1. The Kier molecular flexibility index (Phi) is 3.73. The zero-order chi connectivity index (χ0) is 15.7. The predicted octanol–water partition coefficient (Wildman–Crippen LogP) is 2.50. The summed E-state index contributed by atoms with van der Waals surface area (Å²) in [7, 11) is 0. The highest BCUT2D eigenvalue weighted by atomic mass is 16.7. The van der Waals surface area contributed by atoms with E-state index in [9.17, 15) is 4.79 Å². The van der Waals surface area contributed by atoms with E-state index in [2.05, 4.69) is 5.32 Å². The van der Waals surface area contributed by atoms with Crippen molar-refractivity contribution in [3.8, 4) is 11.5 Å². The van der Waals surface area contributed by atoms with Gasteiger partial charge in [-0.3, -0.25) is 4.79 Å². The molecule has 122 valence electrons. The van der Waals surface area contributed by atoms with E-state index in [1.807, 2.05) is 24.3 Å². The minimum absolute atomic E-state index is 0.0294. The van der Waals surface area contributed by atoms with Gasteiger partial charge in [0.25, 0.3) is 0 Å². The zero-order valence-corrected chi connectivity index (χ0v) is 13.0. The number of rotatable bonds is 3. The first-order chi connectivity index (χ1) is 11.3. The molecule has 4 rings (SSSR count). The van der Waals surface area contributed by atoms with Crippen LogP contribution in [0, 0.1) is 5.41 Å². The molecule has 1 aromatic rings. The van der Waals surface area contributed by atoms with Gasteiger partial charge in [0.15, 0.2) is 11.5 Å². The van der Waals surface area contributed by atoms with E-state index in [0.717, 1.165) is 49.5 Å². The molecule has 1 unspecified atom stereocenters. The van der Waals surface area contributed by atoms with E-state index < -0.39 is 0 Å². The number of fused-ring (bicyclic) bond motifs is 1. The van der Waals surface area contributed by atoms with Crippen molar-refractivity contribution in [3.05, 3.63) is 29.8 Å². The summed E-state index contributed by atoms with van der Waals surface area (Å²) in [5, 5.41) is 3.16. The fourth-order valence-corrected chi connectivity index (χ4v) is 3.71. The second kappa shape index (κ2) is 5.89. The second-order valence-corrected chi connectivity index (χ2v) is 6.52. The van der Waals surface area contributed by atoms with Gasteiger partial charge in [-0.25, -0.2) is 0 Å². The molecule has 0 radical (unpaired) electrons. The fraction of sp³-hybridized carbons (Fsp3) is 0.500. The lowest BCUT2D eigenvalue weighted by molar-refractivity contribution is -0.122. The Hall–Kier alpha value is -2.01. The molecule has 1 aliphatic carbocycles. The molecule has 3 aliphatic rings. The summed E-state index contributed by atoms with van der Waals surface area (Å²) in [5.41, 5.74) is 1.21. The summed E-state index contributed by atoms with van der Waals surface area (Å²) in [5.74, 6) is 1.45. The monoisotopic (exact) mass is 315 g/mol. The molecule has 1 atom stereocenters. The fourth-order valence-electron chi connectivity index (χ4n) is 3.71. The van der Waals surface area contributed by atoms with Gasteiger partial charge < -0.3 is 19.5 Å². The maximum absolute atomic E-state index is 12.2. The lowest BCUT2D eigenvalue weighted by atomic mass is 9.60. The molecule has 23 heavy (non-hydrogen) atoms. The van der Waals surface area contributed by atoms with Gasteiger partial charge in [-0.1, -0.05) is 6.07 Å². The average molecular weight is 315 g/mol. The van der Waals surface area contributed by atoms with Crippen LogP contribution in [-0.4, -0.2) is 32.0 Å². The standard InChI is InChI=1S/C18H21NO4/c20-17(19-16-5-6-18(16)7-9-21-10-8-18)4-2-13-1-3-14-15(11-13)23-12-22-14/h1-4,11,16H,5-10,12H2,(H,19,20)/b4-2+. The molecule has 5 nitrogen and oxygen atoms in total. The van der Waals surface area contributed by atoms with Crippen LogP contribution in [0.25, 0.3) is 6.08 Å². The lowest BCUT2D eigenvalue weighted by Gasteiger charge is -2.51. The topological polar surface area (TPSA) is 56.8 Å². The number of carbonyl (C=O) groups is 1. The molecule has 1 spiro atoms. The minimum atomic E-state index is -0.0294. The Balaban J connectivity index is 1.36. The molecular formula is C18H21NO4. The third-order valence-electron chi connectivity index (χ3n) is 5.30. The highest BCUT2D eigenvalue weighted by molar-refractivity contribution is 5.92. The van der Waals surface area contributed by atoms with Gasteiger partial charge in [0.1, 0.15) is 0 Å². The van der Waals surface area contributed by atoms with Crippen LogP contribution in [-0.2, 0) is 9.53 Å². The predicted molar refractivity (Wildman–Crippen MR) is 85.2 cm³/mol. The van der Waals surface area contributed by atoms with Gasteiger partial charge in [0.05, 0.1) is 0 Å². The van der Waals surface area contributed by atoms with Gasteiger partial charge in [-0.05, 0) is 54.9 Å². The molecule has 1 aromatic carbocycles. The Morgan fingerprint density at radius 2 is 2.00 bits per heavy atom. The number of benzene rings is 1. The molecule has 1 saturated heterocycles. The summed E-state index contributed by atoms with van der Waals surface area (Å²) in [6, 6.07) is 5.96. The third kappa shape index (κ3) is 2.81. The van der Waals surface area contributed by atoms with E-state index in [1.54, 1.807) is 6.08 Å². The Bertz CT molecular complexity index is 634. The molecule has 0 bridgehead atoms. The van der Waals surface area contributed by atoms with Crippen molar-refractivity contribution < 1.29 is 19.0 Å². The molecular weight excluding hydrogens is 294 g/mol. The van der Waals surface area contributed by atoms with Crippen molar-refractivity contribution in [3.63, 3.8) is 0 Å². The smallest absolute Gasteiger partial charge is 0.244 e. The number of hydrogen-bond acceptors (Lipinski definition) is 4. The molecule has 0 aromatic heterocycles. The van der Waals surface area contributed by atoms with Crippen molar-refractivity contribution in [2.75, 3.05) is 20.0 Å². The van der Waals surface area contributed by atoms with Crippen LogP contribution in [0.1, 0.15) is 31.2 Å². The van der Waals surface area contributed by atoms with Gasteiger partial charge in [0, 0.05) is 25.3 Å². The van der Waals surface area contributed by atoms with E-state index in [1.165, 1.54) is 6.42 Å². The summed E-state index contributed by atoms with van der Waals surface area (Å²) in [4.78, 5) is 12.2. The van der Waals surface area contributed by atoms with Crippen molar-refractivity contribution in [2.24, 2.45) is 5.41 Å². The molecule has 1 saturated carbocycles. The molecule has 2 aliphatic heterocycles. The normalized spacial score (nSPS) is 24.6. The first kappa shape index (κ1) is 14.6. The summed E-state index contributed by atoms with van der Waals surface area (Å²) < 4.78 is 16.1. The molecule has 2 heterocycles. The first-order valence-electron chi connectivity index (χ1n) is 8.21. The third-order valence-corrected chi connectivity index (χ3v) is 5.30. The van der Waals surface area contributed by atoms with Crippen LogP contribution in [0.4, 0.5) is 0 Å². The number of amides is 1. The van der Waals surface area contributed by atoms with Crippen LogP contribution in [0.3, 0.4) is 0 Å². The van der Waals surface area contributed by atoms with Crippen molar-refractivity contribution in [2.45, 2.75) is 31.7 Å². The van der Waals surface area contributed by atoms with E-state index in [-0.39, 0.29) is 18.1 Å². The molecule has 1 amide bonds. The maximum Gasteiger partial charge on any atom is 0.244 e. The Morgan fingerprint density at radius 3 is 2.78 bits per heavy atom. The van der Waals surface area contributed by atoms with E-state index in [4.69, 9.17) is 14.2 Å². The number of ether oxygens (including phenoxy) is 3.